The van der Waals surface area contributed by atoms with Crippen LogP contribution in [-0.4, -0.2) is 28.5 Å². The van der Waals surface area contributed by atoms with Gasteiger partial charge in [0.2, 0.25) is 5.13 Å². The van der Waals surface area contributed by atoms with Crippen LogP contribution in [0.4, 0.5) is 5.13 Å². The maximum Gasteiger partial charge on any atom is 0.205 e. The van der Waals surface area contributed by atoms with Gasteiger partial charge in [0.05, 0.1) is 0 Å². The Kier molecular flexibility index (Phi) is 4.74. The molecule has 1 atom stereocenters. The van der Waals surface area contributed by atoms with Crippen LogP contribution >= 0.6 is 11.5 Å². The van der Waals surface area contributed by atoms with E-state index in [-0.39, 0.29) is 0 Å². The van der Waals surface area contributed by atoms with E-state index in [2.05, 4.69) is 21.2 Å². The summed E-state index contributed by atoms with van der Waals surface area (Å²) in [7, 11) is 0. The van der Waals surface area contributed by atoms with Crippen molar-refractivity contribution in [1.82, 2.24) is 9.36 Å². The second-order valence-corrected chi connectivity index (χ2v) is 5.41. The largest absolute Gasteiger partial charge is 0.343 e. The first kappa shape index (κ1) is 12.8. The Balaban J connectivity index is 2.10. The summed E-state index contributed by atoms with van der Waals surface area (Å²) in [4.78, 5) is 7.02. The van der Waals surface area contributed by atoms with Gasteiger partial charge in [-0.05, 0) is 19.3 Å². The molecule has 17 heavy (non-hydrogen) atoms. The predicted octanol–water partition coefficient (Wildman–Crippen LogP) is 2.20. The van der Waals surface area contributed by atoms with Crippen molar-refractivity contribution in [3.8, 4) is 0 Å². The molecule has 4 nitrogen and oxygen atoms in total. The fourth-order valence-corrected chi connectivity index (χ4v) is 3.17. The summed E-state index contributed by atoms with van der Waals surface area (Å²) in [6.07, 6.45) is 7.14. The van der Waals surface area contributed by atoms with Gasteiger partial charge in [-0.15, -0.1) is 0 Å². The molecule has 1 fully saturated rings. The third-order valence-corrected chi connectivity index (χ3v) is 4.12. The number of aryl methyl sites for hydroxylation is 1. The van der Waals surface area contributed by atoms with Gasteiger partial charge in [0.25, 0.3) is 0 Å². The molecule has 0 saturated carbocycles. The van der Waals surface area contributed by atoms with Crippen molar-refractivity contribution in [1.29, 1.82) is 0 Å². The molecule has 1 aromatic heterocycles. The maximum absolute atomic E-state index is 5.88. The second-order valence-electron chi connectivity index (χ2n) is 4.68. The van der Waals surface area contributed by atoms with Gasteiger partial charge in [-0.3, -0.25) is 0 Å². The van der Waals surface area contributed by atoms with Crippen LogP contribution in [0.3, 0.4) is 0 Å². The van der Waals surface area contributed by atoms with Crippen molar-refractivity contribution in [2.75, 3.05) is 18.0 Å². The summed E-state index contributed by atoms with van der Waals surface area (Å²) < 4.78 is 4.43. The van der Waals surface area contributed by atoms with E-state index < -0.39 is 0 Å². The molecule has 2 heterocycles. The Morgan fingerprint density at radius 2 is 2.29 bits per heavy atom. The van der Waals surface area contributed by atoms with Gasteiger partial charge in [-0.25, -0.2) is 4.98 Å². The molecule has 1 aliphatic heterocycles. The van der Waals surface area contributed by atoms with E-state index >= 15 is 0 Å². The van der Waals surface area contributed by atoms with Crippen molar-refractivity contribution in [3.05, 3.63) is 5.82 Å². The summed E-state index contributed by atoms with van der Waals surface area (Å²) in [5.74, 6) is 0.993. The van der Waals surface area contributed by atoms with Gasteiger partial charge in [-0.2, -0.15) is 4.37 Å². The highest BCUT2D eigenvalue weighted by Gasteiger charge is 2.22. The van der Waals surface area contributed by atoms with Crippen LogP contribution in [0.25, 0.3) is 0 Å². The fraction of sp³-hybridized carbons (Fsp3) is 0.833. The fourth-order valence-electron chi connectivity index (χ4n) is 2.36. The Morgan fingerprint density at radius 1 is 1.41 bits per heavy atom. The molecule has 0 radical (unpaired) electrons. The van der Waals surface area contributed by atoms with Crippen LogP contribution in [0, 0.1) is 0 Å². The van der Waals surface area contributed by atoms with Gasteiger partial charge >= 0.3 is 0 Å². The van der Waals surface area contributed by atoms with Crippen molar-refractivity contribution in [2.45, 2.75) is 51.5 Å². The number of nitrogens with two attached hydrogens (primary N) is 1. The molecule has 0 aromatic carbocycles. The van der Waals surface area contributed by atoms with Crippen molar-refractivity contribution < 1.29 is 0 Å². The molecule has 0 amide bonds. The van der Waals surface area contributed by atoms with Crippen LogP contribution in [0.2, 0.25) is 0 Å². The van der Waals surface area contributed by atoms with Crippen LogP contribution in [0.1, 0.15) is 44.9 Å². The molecule has 1 saturated heterocycles. The van der Waals surface area contributed by atoms with E-state index in [0.29, 0.717) is 6.04 Å². The molecular formula is C12H22N4S. The van der Waals surface area contributed by atoms with Crippen molar-refractivity contribution in [3.63, 3.8) is 0 Å². The highest BCUT2D eigenvalue weighted by atomic mass is 32.1. The number of aromatic nitrogens is 2. The van der Waals surface area contributed by atoms with Gasteiger partial charge in [0.1, 0.15) is 5.82 Å². The maximum atomic E-state index is 5.88. The summed E-state index contributed by atoms with van der Waals surface area (Å²) >= 11 is 1.53. The lowest BCUT2D eigenvalue weighted by Crippen LogP contribution is -2.40. The molecule has 2 rings (SSSR count). The standard InChI is InChI=1S/C12H22N4S/c1-2-6-11-14-12(17-15-11)16-8-5-3-4-7-10(16)9-13/h10H,2-9,13H2,1H3. The van der Waals surface area contributed by atoms with Crippen LogP contribution in [0.5, 0.6) is 0 Å². The van der Waals surface area contributed by atoms with Gasteiger partial charge in [0.15, 0.2) is 0 Å². The Bertz CT molecular complexity index is 339. The number of rotatable bonds is 4. The minimum atomic E-state index is 0.458. The summed E-state index contributed by atoms with van der Waals surface area (Å²) in [5, 5.41) is 1.07. The third-order valence-electron chi connectivity index (χ3n) is 3.33. The molecule has 0 spiro atoms. The number of nitrogens with zero attached hydrogens (tertiary/aromatic N) is 3. The minimum absolute atomic E-state index is 0.458. The van der Waals surface area contributed by atoms with Crippen LogP contribution in [-0.2, 0) is 6.42 Å². The zero-order valence-corrected chi connectivity index (χ0v) is 11.4. The second kappa shape index (κ2) is 6.31. The number of hydrogen-bond acceptors (Lipinski definition) is 5. The van der Waals surface area contributed by atoms with Crippen molar-refractivity contribution in [2.24, 2.45) is 5.73 Å². The predicted molar refractivity (Wildman–Crippen MR) is 72.6 cm³/mol. The molecule has 0 bridgehead atoms. The summed E-state index contributed by atoms with van der Waals surface area (Å²) in [6, 6.07) is 0.458. The number of hydrogen-bond donors (Lipinski definition) is 1. The first-order valence-electron chi connectivity index (χ1n) is 6.64. The Morgan fingerprint density at radius 3 is 3.06 bits per heavy atom. The Labute approximate surface area is 107 Å². The lowest BCUT2D eigenvalue weighted by molar-refractivity contribution is 0.578. The van der Waals surface area contributed by atoms with Crippen LogP contribution in [0.15, 0.2) is 0 Å². The summed E-state index contributed by atoms with van der Waals surface area (Å²) in [5.41, 5.74) is 5.88. The molecule has 1 aliphatic rings. The first-order chi connectivity index (χ1) is 8.35. The van der Waals surface area contributed by atoms with Gasteiger partial charge in [0, 0.05) is 37.1 Å². The smallest absolute Gasteiger partial charge is 0.205 e. The zero-order chi connectivity index (χ0) is 12.1. The van der Waals surface area contributed by atoms with E-state index in [4.69, 9.17) is 5.73 Å². The third kappa shape index (κ3) is 3.16. The molecule has 96 valence electrons. The topological polar surface area (TPSA) is 55.0 Å². The molecular weight excluding hydrogens is 232 g/mol. The molecule has 1 aromatic rings. The normalized spacial score (nSPS) is 21.5. The lowest BCUT2D eigenvalue weighted by Gasteiger charge is -2.28. The number of anilines is 1. The van der Waals surface area contributed by atoms with Gasteiger partial charge < -0.3 is 10.6 Å². The van der Waals surface area contributed by atoms with Crippen LogP contribution < -0.4 is 10.6 Å². The quantitative estimate of drug-likeness (QED) is 0.895. The zero-order valence-electron chi connectivity index (χ0n) is 10.6. The highest BCUT2D eigenvalue weighted by Crippen LogP contribution is 2.25. The molecule has 5 heteroatoms. The highest BCUT2D eigenvalue weighted by molar-refractivity contribution is 7.09. The minimum Gasteiger partial charge on any atom is -0.343 e. The monoisotopic (exact) mass is 254 g/mol. The van der Waals surface area contributed by atoms with E-state index in [1.807, 2.05) is 0 Å². The average Bonchev–Trinajstić information content (AvgIpc) is 2.66. The molecule has 2 N–H and O–H groups in total. The molecule has 0 aliphatic carbocycles. The van der Waals surface area contributed by atoms with Gasteiger partial charge in [-0.1, -0.05) is 19.8 Å². The van der Waals surface area contributed by atoms with E-state index in [0.717, 1.165) is 36.9 Å². The average molecular weight is 254 g/mol. The van der Waals surface area contributed by atoms with Crippen molar-refractivity contribution >= 4 is 16.7 Å². The SMILES string of the molecule is CCCc1nsc(N2CCCCCC2CN)n1. The van der Waals surface area contributed by atoms with E-state index in [1.54, 1.807) is 0 Å². The van der Waals surface area contributed by atoms with E-state index in [9.17, 15) is 0 Å². The summed E-state index contributed by atoms with van der Waals surface area (Å²) in [6.45, 7) is 3.97. The van der Waals surface area contributed by atoms with E-state index in [1.165, 1.54) is 37.2 Å². The first-order valence-corrected chi connectivity index (χ1v) is 7.41. The Hall–Kier alpha value is -0.680. The molecule has 1 unspecified atom stereocenters. The lowest BCUT2D eigenvalue weighted by atomic mass is 10.1.